The molecule has 2 aromatic rings. The highest BCUT2D eigenvalue weighted by atomic mass is 35.5. The molecule has 0 saturated heterocycles. The Hall–Kier alpha value is -2.07. The van der Waals surface area contributed by atoms with Crippen molar-refractivity contribution in [3.8, 4) is 0 Å². The molecule has 5 heteroatoms. The number of aromatic nitrogens is 1. The Morgan fingerprint density at radius 2 is 1.95 bits per heavy atom. The molecule has 0 aliphatic carbocycles. The van der Waals surface area contributed by atoms with E-state index in [0.29, 0.717) is 23.6 Å². The predicted octanol–water partition coefficient (Wildman–Crippen LogP) is 2.31. The molecule has 0 fully saturated rings. The molecule has 2 rings (SSSR count). The molecule has 1 aromatic heterocycles. The van der Waals surface area contributed by atoms with Gasteiger partial charge in [-0.2, -0.15) is 0 Å². The van der Waals surface area contributed by atoms with Crippen LogP contribution in [0.1, 0.15) is 21.5 Å². The van der Waals surface area contributed by atoms with Gasteiger partial charge in [0.15, 0.2) is 0 Å². The minimum atomic E-state index is -0.367. The number of aryl methyl sites for hydroxylation is 1. The van der Waals surface area contributed by atoms with Gasteiger partial charge in [-0.05, 0) is 42.7 Å². The zero-order valence-corrected chi connectivity index (χ0v) is 11.8. The number of pyridine rings is 1. The first-order valence-electron chi connectivity index (χ1n) is 6.29. The molecule has 0 atom stereocenters. The minimum absolute atomic E-state index is 0.170. The van der Waals surface area contributed by atoms with Gasteiger partial charge < -0.3 is 10.3 Å². The first-order valence-corrected chi connectivity index (χ1v) is 6.66. The van der Waals surface area contributed by atoms with Gasteiger partial charge in [0.25, 0.3) is 11.5 Å². The fourth-order valence-electron chi connectivity index (χ4n) is 1.92. The molecule has 0 spiro atoms. The van der Waals surface area contributed by atoms with E-state index in [4.69, 9.17) is 11.6 Å². The van der Waals surface area contributed by atoms with E-state index < -0.39 is 0 Å². The fourth-order valence-corrected chi connectivity index (χ4v) is 2.04. The quantitative estimate of drug-likeness (QED) is 0.908. The number of hydrogen-bond acceptors (Lipinski definition) is 2. The third-order valence-electron chi connectivity index (χ3n) is 3.01. The van der Waals surface area contributed by atoms with Gasteiger partial charge in [-0.15, -0.1) is 0 Å². The Morgan fingerprint density at radius 1 is 1.25 bits per heavy atom. The third-order valence-corrected chi connectivity index (χ3v) is 3.26. The summed E-state index contributed by atoms with van der Waals surface area (Å²) < 4.78 is 0. The van der Waals surface area contributed by atoms with Crippen molar-refractivity contribution in [1.29, 1.82) is 0 Å². The van der Waals surface area contributed by atoms with Gasteiger partial charge >= 0.3 is 0 Å². The Kier molecular flexibility index (Phi) is 4.58. The second-order valence-corrected chi connectivity index (χ2v) is 4.93. The second kappa shape index (κ2) is 6.39. The fraction of sp³-hybridized carbons (Fsp3) is 0.200. The number of halogens is 1. The van der Waals surface area contributed by atoms with E-state index >= 15 is 0 Å². The molecule has 0 bridgehead atoms. The lowest BCUT2D eigenvalue weighted by atomic mass is 10.1. The van der Waals surface area contributed by atoms with Crippen molar-refractivity contribution in [1.82, 2.24) is 10.3 Å². The maximum Gasteiger partial charge on any atom is 0.261 e. The van der Waals surface area contributed by atoms with E-state index in [2.05, 4.69) is 10.3 Å². The van der Waals surface area contributed by atoms with E-state index in [1.807, 2.05) is 24.3 Å². The van der Waals surface area contributed by atoms with Crippen molar-refractivity contribution < 1.29 is 4.79 Å². The van der Waals surface area contributed by atoms with Crippen molar-refractivity contribution >= 4 is 17.5 Å². The van der Waals surface area contributed by atoms with E-state index in [-0.39, 0.29) is 17.0 Å². The van der Waals surface area contributed by atoms with Crippen molar-refractivity contribution in [2.75, 3.05) is 6.54 Å². The molecular formula is C15H15ClN2O2. The largest absolute Gasteiger partial charge is 0.352 e. The second-order valence-electron chi connectivity index (χ2n) is 4.50. The van der Waals surface area contributed by atoms with E-state index in [0.717, 1.165) is 5.56 Å². The van der Waals surface area contributed by atoms with Crippen LogP contribution in [0.15, 0.2) is 41.3 Å². The summed E-state index contributed by atoms with van der Waals surface area (Å²) in [6, 6.07) is 9.15. The summed E-state index contributed by atoms with van der Waals surface area (Å²) in [4.78, 5) is 26.1. The molecular weight excluding hydrogens is 276 g/mol. The summed E-state index contributed by atoms with van der Waals surface area (Å²) in [5.74, 6) is -0.349. The van der Waals surface area contributed by atoms with Gasteiger partial charge in [0, 0.05) is 17.8 Å². The Labute approximate surface area is 121 Å². The zero-order valence-electron chi connectivity index (χ0n) is 11.1. The van der Waals surface area contributed by atoms with Crippen LogP contribution in [-0.4, -0.2) is 17.4 Å². The zero-order chi connectivity index (χ0) is 14.5. The number of aromatic amines is 1. The molecule has 4 nitrogen and oxygen atoms in total. The van der Waals surface area contributed by atoms with Crippen LogP contribution in [-0.2, 0) is 6.42 Å². The number of carbonyl (C=O) groups excluding carboxylic acids is 1. The summed E-state index contributed by atoms with van der Waals surface area (Å²) in [6.07, 6.45) is 2.22. The van der Waals surface area contributed by atoms with Crippen molar-refractivity contribution in [2.45, 2.75) is 13.3 Å². The number of H-pyrrole nitrogens is 1. The van der Waals surface area contributed by atoms with Crippen LogP contribution in [0.3, 0.4) is 0 Å². The summed E-state index contributed by atoms with van der Waals surface area (Å²) >= 11 is 5.80. The Bertz CT molecular complexity index is 662. The van der Waals surface area contributed by atoms with Crippen LogP contribution in [0, 0.1) is 6.92 Å². The maximum atomic E-state index is 12.0. The average molecular weight is 291 g/mol. The van der Waals surface area contributed by atoms with Gasteiger partial charge in [0.2, 0.25) is 0 Å². The smallest absolute Gasteiger partial charge is 0.261 e. The topological polar surface area (TPSA) is 62.0 Å². The molecule has 1 heterocycles. The van der Waals surface area contributed by atoms with Crippen LogP contribution in [0.2, 0.25) is 5.02 Å². The molecule has 2 N–H and O–H groups in total. The molecule has 0 aliphatic rings. The molecule has 0 unspecified atom stereocenters. The van der Waals surface area contributed by atoms with Gasteiger partial charge in [-0.1, -0.05) is 23.7 Å². The van der Waals surface area contributed by atoms with Gasteiger partial charge in [0.1, 0.15) is 5.56 Å². The van der Waals surface area contributed by atoms with Crippen LogP contribution in [0.25, 0.3) is 0 Å². The summed E-state index contributed by atoms with van der Waals surface area (Å²) in [7, 11) is 0. The lowest BCUT2D eigenvalue weighted by Crippen LogP contribution is -2.31. The van der Waals surface area contributed by atoms with E-state index in [9.17, 15) is 9.59 Å². The predicted molar refractivity (Wildman–Crippen MR) is 79.3 cm³/mol. The molecule has 20 heavy (non-hydrogen) atoms. The normalized spacial score (nSPS) is 10.3. The van der Waals surface area contributed by atoms with Crippen LogP contribution < -0.4 is 10.9 Å². The highest BCUT2D eigenvalue weighted by molar-refractivity contribution is 6.30. The Morgan fingerprint density at radius 3 is 2.60 bits per heavy atom. The summed E-state index contributed by atoms with van der Waals surface area (Å²) in [5, 5.41) is 3.44. The first kappa shape index (κ1) is 14.3. The highest BCUT2D eigenvalue weighted by Gasteiger charge is 2.12. The molecule has 1 amide bonds. The van der Waals surface area contributed by atoms with E-state index in [1.54, 1.807) is 13.0 Å². The van der Waals surface area contributed by atoms with Crippen LogP contribution in [0.4, 0.5) is 0 Å². The van der Waals surface area contributed by atoms with Crippen LogP contribution in [0.5, 0.6) is 0 Å². The number of carbonyl (C=O) groups is 1. The number of hydrogen-bond donors (Lipinski definition) is 2. The molecule has 0 radical (unpaired) electrons. The monoisotopic (exact) mass is 290 g/mol. The number of nitrogens with one attached hydrogen (secondary N) is 2. The summed E-state index contributed by atoms with van der Waals surface area (Å²) in [6.45, 7) is 2.21. The third kappa shape index (κ3) is 3.48. The molecule has 1 aromatic carbocycles. The SMILES string of the molecule is Cc1cc[nH]c(=O)c1C(=O)NCCc1ccc(Cl)cc1. The molecule has 104 valence electrons. The van der Waals surface area contributed by atoms with Crippen molar-refractivity contribution in [3.05, 3.63) is 68.6 Å². The standard InChI is InChI=1S/C15H15ClN2O2/c1-10-6-8-17-14(19)13(10)15(20)18-9-7-11-2-4-12(16)5-3-11/h2-6,8H,7,9H2,1H3,(H,17,19)(H,18,20). The first-order chi connectivity index (χ1) is 9.58. The van der Waals surface area contributed by atoms with Gasteiger partial charge in [-0.25, -0.2) is 0 Å². The molecule has 0 aliphatic heterocycles. The minimum Gasteiger partial charge on any atom is -0.352 e. The highest BCUT2D eigenvalue weighted by Crippen LogP contribution is 2.09. The lowest BCUT2D eigenvalue weighted by molar-refractivity contribution is 0.0952. The Balaban J connectivity index is 1.96. The molecule has 0 saturated carbocycles. The van der Waals surface area contributed by atoms with Crippen molar-refractivity contribution in [3.63, 3.8) is 0 Å². The van der Waals surface area contributed by atoms with E-state index in [1.165, 1.54) is 6.20 Å². The number of benzene rings is 1. The average Bonchev–Trinajstić information content (AvgIpc) is 2.41. The van der Waals surface area contributed by atoms with Crippen LogP contribution >= 0.6 is 11.6 Å². The summed E-state index contributed by atoms with van der Waals surface area (Å²) in [5.41, 5.74) is 1.55. The van der Waals surface area contributed by atoms with Gasteiger partial charge in [0.05, 0.1) is 0 Å². The van der Waals surface area contributed by atoms with Crippen molar-refractivity contribution in [2.24, 2.45) is 0 Å². The lowest BCUT2D eigenvalue weighted by Gasteiger charge is -2.07. The number of rotatable bonds is 4. The van der Waals surface area contributed by atoms with Gasteiger partial charge in [-0.3, -0.25) is 9.59 Å². The number of amides is 1. The maximum absolute atomic E-state index is 12.0.